The molecule has 1 aromatic heterocycles. The molecule has 0 radical (unpaired) electrons. The molecule has 0 atom stereocenters. The predicted octanol–water partition coefficient (Wildman–Crippen LogP) is 3.99. The van der Waals surface area contributed by atoms with Crippen molar-refractivity contribution in [1.82, 2.24) is 15.3 Å². The van der Waals surface area contributed by atoms with E-state index in [1.165, 1.54) is 4.31 Å². The number of nitrogens with zero attached hydrogens (tertiary/aromatic N) is 3. The summed E-state index contributed by atoms with van der Waals surface area (Å²) in [5.41, 5.74) is 2.79. The second kappa shape index (κ2) is 9.64. The number of rotatable bonds is 7. The predicted molar refractivity (Wildman–Crippen MR) is 122 cm³/mol. The Morgan fingerprint density at radius 3 is 2.39 bits per heavy atom. The van der Waals surface area contributed by atoms with Gasteiger partial charge >= 0.3 is 0 Å². The number of hydrogen-bond donors (Lipinski definition) is 1. The first-order chi connectivity index (χ1) is 14.6. The van der Waals surface area contributed by atoms with Gasteiger partial charge in [-0.25, -0.2) is 8.42 Å². The van der Waals surface area contributed by atoms with Gasteiger partial charge in [0.05, 0.1) is 52.7 Å². The Balaban J connectivity index is 1.75. The Hall–Kier alpha value is -2.68. The first-order valence-corrected chi connectivity index (χ1v) is 11.8. The van der Waals surface area contributed by atoms with E-state index in [4.69, 9.17) is 23.2 Å². The monoisotopic (exact) mass is 478 g/mol. The highest BCUT2D eigenvalue weighted by atomic mass is 35.5. The van der Waals surface area contributed by atoms with Crippen molar-refractivity contribution in [3.63, 3.8) is 0 Å². The zero-order chi connectivity index (χ0) is 22.6. The van der Waals surface area contributed by atoms with Crippen molar-refractivity contribution < 1.29 is 13.2 Å². The molecule has 0 saturated heterocycles. The molecule has 3 rings (SSSR count). The Kier molecular flexibility index (Phi) is 7.15. The third kappa shape index (κ3) is 5.94. The number of aromatic nitrogens is 2. The van der Waals surface area contributed by atoms with Gasteiger partial charge in [-0.15, -0.1) is 0 Å². The summed E-state index contributed by atoms with van der Waals surface area (Å²) in [5, 5.41) is 3.41. The van der Waals surface area contributed by atoms with Crippen LogP contribution in [0.2, 0.25) is 10.0 Å². The van der Waals surface area contributed by atoms with Crippen LogP contribution in [0.15, 0.2) is 54.9 Å². The van der Waals surface area contributed by atoms with Crippen LogP contribution < -0.4 is 9.62 Å². The van der Waals surface area contributed by atoms with Crippen LogP contribution in [-0.4, -0.2) is 30.5 Å². The lowest BCUT2D eigenvalue weighted by molar-refractivity contribution is 0.0950. The summed E-state index contributed by atoms with van der Waals surface area (Å²) in [4.78, 5) is 20.7. The average molecular weight is 479 g/mol. The Bertz CT molecular complexity index is 1180. The molecule has 10 heteroatoms. The molecule has 0 fully saturated rings. The molecule has 0 aliphatic carbocycles. The van der Waals surface area contributed by atoms with Crippen molar-refractivity contribution in [3.8, 4) is 0 Å². The highest BCUT2D eigenvalue weighted by Crippen LogP contribution is 2.29. The molecule has 1 amide bonds. The highest BCUT2D eigenvalue weighted by Gasteiger charge is 2.20. The van der Waals surface area contributed by atoms with Gasteiger partial charge in [-0.3, -0.25) is 19.1 Å². The molecule has 3 aromatic rings. The van der Waals surface area contributed by atoms with Gasteiger partial charge in [-0.2, -0.15) is 0 Å². The Labute approximate surface area is 191 Å². The van der Waals surface area contributed by atoms with Crippen LogP contribution in [0.25, 0.3) is 0 Å². The van der Waals surface area contributed by atoms with Crippen molar-refractivity contribution in [2.75, 3.05) is 10.6 Å². The standard InChI is InChI=1S/C21H20Cl2N4O3S/c1-14-10-25-17(11-24-14)12-26-21(28)15-6-8-18(9-7-15)27(31(2,29)30)13-16-4-3-5-19(22)20(16)23/h3-11H,12-13H2,1-2H3,(H,26,28). The maximum Gasteiger partial charge on any atom is 0.251 e. The van der Waals surface area contributed by atoms with Crippen LogP contribution in [0.3, 0.4) is 0 Å². The van der Waals surface area contributed by atoms with E-state index >= 15 is 0 Å². The molecule has 0 unspecified atom stereocenters. The summed E-state index contributed by atoms with van der Waals surface area (Å²) >= 11 is 12.3. The summed E-state index contributed by atoms with van der Waals surface area (Å²) < 4.78 is 26.0. The number of hydrogen-bond acceptors (Lipinski definition) is 5. The molecule has 0 aliphatic heterocycles. The Morgan fingerprint density at radius 1 is 1.06 bits per heavy atom. The van der Waals surface area contributed by atoms with Crippen molar-refractivity contribution in [2.24, 2.45) is 0 Å². The molecule has 1 N–H and O–H groups in total. The number of halogens is 2. The molecule has 0 bridgehead atoms. The maximum absolute atomic E-state index is 12.4. The van der Waals surface area contributed by atoms with Crippen molar-refractivity contribution >= 4 is 44.8 Å². The topological polar surface area (TPSA) is 92.3 Å². The zero-order valence-electron chi connectivity index (χ0n) is 16.8. The maximum atomic E-state index is 12.4. The van der Waals surface area contributed by atoms with Crippen LogP contribution in [0.4, 0.5) is 5.69 Å². The van der Waals surface area contributed by atoms with Gasteiger partial charge in [-0.1, -0.05) is 35.3 Å². The van der Waals surface area contributed by atoms with Crippen molar-refractivity contribution in [1.29, 1.82) is 0 Å². The minimum Gasteiger partial charge on any atom is -0.346 e. The molecular weight excluding hydrogens is 459 g/mol. The normalized spacial score (nSPS) is 11.2. The first-order valence-electron chi connectivity index (χ1n) is 9.21. The van der Waals surface area contributed by atoms with E-state index in [1.807, 2.05) is 6.92 Å². The van der Waals surface area contributed by atoms with Crippen molar-refractivity contribution in [3.05, 3.63) is 87.4 Å². The van der Waals surface area contributed by atoms with Gasteiger partial charge in [0.15, 0.2) is 0 Å². The number of nitrogens with one attached hydrogen (secondary N) is 1. The highest BCUT2D eigenvalue weighted by molar-refractivity contribution is 7.92. The van der Waals surface area contributed by atoms with Gasteiger partial charge < -0.3 is 5.32 Å². The largest absolute Gasteiger partial charge is 0.346 e. The summed E-state index contributed by atoms with van der Waals surface area (Å²) in [6, 6.07) is 11.3. The van der Waals surface area contributed by atoms with E-state index in [0.29, 0.717) is 32.6 Å². The quantitative estimate of drug-likeness (QED) is 0.554. The number of amides is 1. The fraction of sp³-hybridized carbons (Fsp3) is 0.190. The third-order valence-electron chi connectivity index (χ3n) is 4.43. The summed E-state index contributed by atoms with van der Waals surface area (Å²) in [5.74, 6) is -0.308. The van der Waals surface area contributed by atoms with Crippen molar-refractivity contribution in [2.45, 2.75) is 20.0 Å². The fourth-order valence-electron chi connectivity index (χ4n) is 2.79. The molecule has 31 heavy (non-hydrogen) atoms. The molecule has 162 valence electrons. The average Bonchev–Trinajstić information content (AvgIpc) is 2.73. The molecular formula is C21H20Cl2N4O3S. The van der Waals surface area contributed by atoms with E-state index < -0.39 is 10.0 Å². The smallest absolute Gasteiger partial charge is 0.251 e. The lowest BCUT2D eigenvalue weighted by atomic mass is 10.1. The van der Waals surface area contributed by atoms with Crippen LogP contribution in [-0.2, 0) is 23.1 Å². The van der Waals surface area contributed by atoms with Gasteiger partial charge in [0.25, 0.3) is 5.91 Å². The molecule has 0 spiro atoms. The summed E-state index contributed by atoms with van der Waals surface area (Å²) in [6.45, 7) is 2.07. The van der Waals surface area contributed by atoms with Gasteiger partial charge in [0.1, 0.15) is 0 Å². The van der Waals surface area contributed by atoms with Crippen LogP contribution in [0.1, 0.15) is 27.3 Å². The van der Waals surface area contributed by atoms with Crippen LogP contribution in [0.5, 0.6) is 0 Å². The number of carbonyl (C=O) groups is 1. The molecule has 0 aliphatic rings. The number of carbonyl (C=O) groups excluding carboxylic acids is 1. The summed E-state index contributed by atoms with van der Waals surface area (Å²) in [6.07, 6.45) is 4.33. The third-order valence-corrected chi connectivity index (χ3v) is 6.43. The second-order valence-electron chi connectivity index (χ2n) is 6.86. The number of benzene rings is 2. The molecule has 0 saturated carbocycles. The second-order valence-corrected chi connectivity index (χ2v) is 9.55. The SMILES string of the molecule is Cc1cnc(CNC(=O)c2ccc(N(Cc3cccc(Cl)c3Cl)S(C)(=O)=O)cc2)cn1. The fourth-order valence-corrected chi connectivity index (χ4v) is 4.05. The zero-order valence-corrected chi connectivity index (χ0v) is 19.2. The van der Waals surface area contributed by atoms with Gasteiger partial charge in [-0.05, 0) is 42.8 Å². The van der Waals surface area contributed by atoms with Gasteiger partial charge in [0.2, 0.25) is 10.0 Å². The van der Waals surface area contributed by atoms with E-state index in [1.54, 1.807) is 54.9 Å². The van der Waals surface area contributed by atoms with Crippen LogP contribution in [0, 0.1) is 6.92 Å². The number of anilines is 1. The molecule has 7 nitrogen and oxygen atoms in total. The lowest BCUT2D eigenvalue weighted by Crippen LogP contribution is -2.29. The Morgan fingerprint density at radius 2 is 1.77 bits per heavy atom. The lowest BCUT2D eigenvalue weighted by Gasteiger charge is -2.23. The van der Waals surface area contributed by atoms with Gasteiger partial charge in [0, 0.05) is 11.8 Å². The van der Waals surface area contributed by atoms with E-state index in [9.17, 15) is 13.2 Å². The summed E-state index contributed by atoms with van der Waals surface area (Å²) in [7, 11) is -3.61. The minimum absolute atomic E-state index is 0.00978. The van der Waals surface area contributed by atoms with E-state index in [2.05, 4.69) is 15.3 Å². The van der Waals surface area contributed by atoms with E-state index in [0.717, 1.165) is 11.9 Å². The first kappa shape index (κ1) is 23.0. The van der Waals surface area contributed by atoms with E-state index in [-0.39, 0.29) is 19.0 Å². The number of aryl methyl sites for hydroxylation is 1. The molecule has 2 aromatic carbocycles. The van der Waals surface area contributed by atoms with Crippen LogP contribution >= 0.6 is 23.2 Å². The molecule has 1 heterocycles. The minimum atomic E-state index is -3.61. The number of sulfonamides is 1.